The number of hydrazine groups is 1. The van der Waals surface area contributed by atoms with Crippen LogP contribution < -0.4 is 5.43 Å². The number of amides is 1. The molecule has 1 aliphatic heterocycles. The second-order valence-corrected chi connectivity index (χ2v) is 5.13. The van der Waals surface area contributed by atoms with Gasteiger partial charge in [0.1, 0.15) is 0 Å². The number of alkyl halides is 3. The molecular formula is C14H15F3N2O3. The van der Waals surface area contributed by atoms with Crippen molar-refractivity contribution < 1.29 is 27.9 Å². The van der Waals surface area contributed by atoms with Crippen molar-refractivity contribution in [3.8, 4) is 0 Å². The van der Waals surface area contributed by atoms with Crippen LogP contribution in [0.1, 0.15) is 33.6 Å². The van der Waals surface area contributed by atoms with Gasteiger partial charge >= 0.3 is 12.1 Å². The Bertz CT molecular complexity index is 549. The second kappa shape index (κ2) is 6.35. The first-order valence-corrected chi connectivity index (χ1v) is 6.73. The minimum Gasteiger partial charge on any atom is -0.478 e. The number of carbonyl (C=O) groups excluding carboxylic acids is 1. The van der Waals surface area contributed by atoms with Gasteiger partial charge in [-0.3, -0.25) is 10.2 Å². The van der Waals surface area contributed by atoms with Crippen LogP contribution in [0.25, 0.3) is 0 Å². The number of carbonyl (C=O) groups is 2. The molecule has 1 aromatic carbocycles. The number of aromatic carboxylic acids is 1. The molecule has 0 saturated carbocycles. The highest BCUT2D eigenvalue weighted by Crippen LogP contribution is 2.33. The molecule has 1 amide bonds. The molecule has 1 saturated heterocycles. The fourth-order valence-electron chi connectivity index (χ4n) is 2.29. The molecule has 0 aliphatic carbocycles. The maximum Gasteiger partial charge on any atom is 0.391 e. The summed E-state index contributed by atoms with van der Waals surface area (Å²) in [6.45, 7) is 0.256. The lowest BCUT2D eigenvalue weighted by atomic mass is 9.97. The standard InChI is InChI=1S/C14H15F3N2O3/c15-14(16,17)11-5-7-19(8-6-11)18-12(20)9-1-3-10(4-2-9)13(21)22/h1-4,11H,5-8H2,(H,18,20)(H,21,22). The lowest BCUT2D eigenvalue weighted by molar-refractivity contribution is -0.186. The molecule has 2 rings (SSSR count). The molecule has 8 heteroatoms. The molecule has 0 bridgehead atoms. The third-order valence-electron chi connectivity index (χ3n) is 3.61. The smallest absolute Gasteiger partial charge is 0.391 e. The Balaban J connectivity index is 1.89. The minimum atomic E-state index is -4.19. The highest BCUT2D eigenvalue weighted by atomic mass is 19.4. The number of rotatable bonds is 3. The third kappa shape index (κ3) is 3.97. The van der Waals surface area contributed by atoms with Crippen LogP contribution in [0.4, 0.5) is 13.2 Å². The first-order chi connectivity index (χ1) is 10.3. The monoisotopic (exact) mass is 316 g/mol. The van der Waals surface area contributed by atoms with Gasteiger partial charge in [0.25, 0.3) is 5.91 Å². The number of carboxylic acid groups (broad SMARTS) is 1. The van der Waals surface area contributed by atoms with E-state index in [1.165, 1.54) is 29.3 Å². The number of hydrogen-bond acceptors (Lipinski definition) is 3. The first-order valence-electron chi connectivity index (χ1n) is 6.73. The molecule has 0 atom stereocenters. The Morgan fingerprint density at radius 3 is 2.05 bits per heavy atom. The van der Waals surface area contributed by atoms with Gasteiger partial charge in [-0.15, -0.1) is 0 Å². The van der Waals surface area contributed by atoms with E-state index < -0.39 is 24.0 Å². The molecular weight excluding hydrogens is 301 g/mol. The van der Waals surface area contributed by atoms with Gasteiger partial charge in [-0.05, 0) is 37.1 Å². The van der Waals surface area contributed by atoms with Gasteiger partial charge in [0, 0.05) is 18.7 Å². The highest BCUT2D eigenvalue weighted by molar-refractivity contribution is 5.95. The molecule has 1 heterocycles. The maximum absolute atomic E-state index is 12.5. The average Bonchev–Trinajstić information content (AvgIpc) is 2.47. The van der Waals surface area contributed by atoms with Crippen LogP contribution in [0.5, 0.6) is 0 Å². The summed E-state index contributed by atoms with van der Waals surface area (Å²) in [5.74, 6) is -2.89. The quantitative estimate of drug-likeness (QED) is 0.898. The Labute approximate surface area is 124 Å². The van der Waals surface area contributed by atoms with E-state index in [0.29, 0.717) is 0 Å². The van der Waals surface area contributed by atoms with Crippen molar-refractivity contribution in [2.24, 2.45) is 5.92 Å². The normalized spacial score (nSPS) is 17.2. The summed E-state index contributed by atoms with van der Waals surface area (Å²) in [5.41, 5.74) is 2.85. The van der Waals surface area contributed by atoms with E-state index in [2.05, 4.69) is 5.43 Å². The van der Waals surface area contributed by atoms with E-state index in [1.807, 2.05) is 0 Å². The van der Waals surface area contributed by atoms with Crippen molar-refractivity contribution in [3.05, 3.63) is 35.4 Å². The van der Waals surface area contributed by atoms with E-state index >= 15 is 0 Å². The number of halogens is 3. The number of nitrogens with one attached hydrogen (secondary N) is 1. The molecule has 2 N–H and O–H groups in total. The number of hydrogen-bond donors (Lipinski definition) is 2. The molecule has 0 unspecified atom stereocenters. The van der Waals surface area contributed by atoms with Crippen molar-refractivity contribution in [1.82, 2.24) is 10.4 Å². The zero-order valence-corrected chi connectivity index (χ0v) is 11.6. The van der Waals surface area contributed by atoms with Crippen LogP contribution >= 0.6 is 0 Å². The number of nitrogens with zero attached hydrogens (tertiary/aromatic N) is 1. The van der Waals surface area contributed by atoms with Crippen molar-refractivity contribution >= 4 is 11.9 Å². The minimum absolute atomic E-state index is 0.0538. The van der Waals surface area contributed by atoms with E-state index in [-0.39, 0.29) is 37.1 Å². The van der Waals surface area contributed by atoms with E-state index in [0.717, 1.165) is 0 Å². The molecule has 1 aromatic rings. The van der Waals surface area contributed by atoms with Crippen LogP contribution in [0, 0.1) is 5.92 Å². The van der Waals surface area contributed by atoms with Gasteiger partial charge in [-0.2, -0.15) is 13.2 Å². The fraction of sp³-hybridized carbons (Fsp3) is 0.429. The third-order valence-corrected chi connectivity index (χ3v) is 3.61. The summed E-state index contributed by atoms with van der Waals surface area (Å²) in [6.07, 6.45) is -4.30. The summed E-state index contributed by atoms with van der Waals surface area (Å²) in [6, 6.07) is 5.32. The summed E-state index contributed by atoms with van der Waals surface area (Å²) in [5, 5.41) is 10.2. The van der Waals surface area contributed by atoms with Gasteiger partial charge in [0.05, 0.1) is 11.5 Å². The predicted molar refractivity (Wildman–Crippen MR) is 71.2 cm³/mol. The van der Waals surface area contributed by atoms with E-state index in [9.17, 15) is 22.8 Å². The lowest BCUT2D eigenvalue weighted by Gasteiger charge is -2.32. The molecule has 1 fully saturated rings. The van der Waals surface area contributed by atoms with Crippen molar-refractivity contribution in [3.63, 3.8) is 0 Å². The average molecular weight is 316 g/mol. The zero-order valence-electron chi connectivity index (χ0n) is 11.6. The Kier molecular flexibility index (Phi) is 4.70. The van der Waals surface area contributed by atoms with Crippen LogP contribution in [0.3, 0.4) is 0 Å². The summed E-state index contributed by atoms with van der Waals surface area (Å²) in [7, 11) is 0. The molecule has 0 aromatic heterocycles. The topological polar surface area (TPSA) is 69.6 Å². The molecule has 120 valence electrons. The fourth-order valence-corrected chi connectivity index (χ4v) is 2.29. The van der Waals surface area contributed by atoms with Crippen LogP contribution in [-0.4, -0.2) is 41.3 Å². The molecule has 5 nitrogen and oxygen atoms in total. The molecule has 22 heavy (non-hydrogen) atoms. The van der Waals surface area contributed by atoms with Crippen molar-refractivity contribution in [2.75, 3.05) is 13.1 Å². The first kappa shape index (κ1) is 16.3. The Morgan fingerprint density at radius 2 is 1.59 bits per heavy atom. The summed E-state index contributed by atoms with van der Waals surface area (Å²) >= 11 is 0. The molecule has 0 radical (unpaired) electrons. The number of carboxylic acids is 1. The number of piperidine rings is 1. The van der Waals surface area contributed by atoms with Gasteiger partial charge in [0.2, 0.25) is 0 Å². The molecule has 1 aliphatic rings. The zero-order chi connectivity index (χ0) is 16.3. The van der Waals surface area contributed by atoms with Gasteiger partial charge in [-0.25, -0.2) is 9.80 Å². The van der Waals surface area contributed by atoms with Crippen LogP contribution in [0.15, 0.2) is 24.3 Å². The van der Waals surface area contributed by atoms with Crippen LogP contribution in [0.2, 0.25) is 0 Å². The number of benzene rings is 1. The maximum atomic E-state index is 12.5. The van der Waals surface area contributed by atoms with Gasteiger partial charge < -0.3 is 5.11 Å². The molecule has 0 spiro atoms. The Morgan fingerprint density at radius 1 is 1.09 bits per heavy atom. The SMILES string of the molecule is O=C(O)c1ccc(C(=O)NN2CCC(C(F)(F)F)CC2)cc1. The summed E-state index contributed by atoms with van der Waals surface area (Å²) < 4.78 is 37.6. The summed E-state index contributed by atoms with van der Waals surface area (Å²) in [4.78, 5) is 22.7. The predicted octanol–water partition coefficient (Wildman–Crippen LogP) is 2.30. The van der Waals surface area contributed by atoms with Gasteiger partial charge in [0.15, 0.2) is 0 Å². The lowest BCUT2D eigenvalue weighted by Crippen LogP contribution is -2.48. The second-order valence-electron chi connectivity index (χ2n) is 5.13. The highest BCUT2D eigenvalue weighted by Gasteiger charge is 2.41. The van der Waals surface area contributed by atoms with Crippen LogP contribution in [-0.2, 0) is 0 Å². The van der Waals surface area contributed by atoms with E-state index in [4.69, 9.17) is 5.11 Å². The van der Waals surface area contributed by atoms with Crippen molar-refractivity contribution in [1.29, 1.82) is 0 Å². The van der Waals surface area contributed by atoms with Crippen molar-refractivity contribution in [2.45, 2.75) is 19.0 Å². The Hall–Kier alpha value is -2.09. The largest absolute Gasteiger partial charge is 0.478 e. The van der Waals surface area contributed by atoms with E-state index in [1.54, 1.807) is 0 Å². The van der Waals surface area contributed by atoms with Gasteiger partial charge in [-0.1, -0.05) is 0 Å².